The number of ether oxygens (including phenoxy) is 1. The van der Waals surface area contributed by atoms with Crippen LogP contribution in [0.1, 0.15) is 18.4 Å². The normalized spacial score (nSPS) is 16.3. The molecule has 0 radical (unpaired) electrons. The van der Waals surface area contributed by atoms with Gasteiger partial charge in [-0.2, -0.15) is 0 Å². The van der Waals surface area contributed by atoms with E-state index in [1.54, 1.807) is 19.4 Å². The Bertz CT molecular complexity index is 1560. The van der Waals surface area contributed by atoms with Crippen molar-refractivity contribution in [3.63, 3.8) is 0 Å². The number of likely N-dealkylation sites (tertiary alicyclic amines) is 1. The van der Waals surface area contributed by atoms with E-state index in [0.29, 0.717) is 28.0 Å². The maximum absolute atomic E-state index is 14.7. The number of aromatic nitrogens is 3. The molecule has 2 aliphatic heterocycles. The summed E-state index contributed by atoms with van der Waals surface area (Å²) in [4.78, 5) is 16.1. The van der Waals surface area contributed by atoms with E-state index < -0.39 is 0 Å². The van der Waals surface area contributed by atoms with Gasteiger partial charge >= 0.3 is 0 Å². The summed E-state index contributed by atoms with van der Waals surface area (Å²) in [5, 5.41) is 1.33. The van der Waals surface area contributed by atoms with Crippen LogP contribution in [0.3, 0.4) is 0 Å². The van der Waals surface area contributed by atoms with Crippen molar-refractivity contribution in [3.05, 3.63) is 83.7 Å². The lowest BCUT2D eigenvalue weighted by Gasteiger charge is -2.30. The fraction of sp³-hybridized carbons (Fsp3) is 0.267. The van der Waals surface area contributed by atoms with E-state index >= 15 is 0 Å². The second-order valence-corrected chi connectivity index (χ2v) is 10.2. The third-order valence-electron chi connectivity index (χ3n) is 7.34. The van der Waals surface area contributed by atoms with Crippen molar-refractivity contribution in [3.8, 4) is 22.4 Å². The maximum atomic E-state index is 14.7. The fourth-order valence-corrected chi connectivity index (χ4v) is 5.38. The molecular weight excluding hydrogens is 501 g/mol. The number of nitrogens with zero attached hydrogens (tertiary/aromatic N) is 5. The molecule has 38 heavy (non-hydrogen) atoms. The van der Waals surface area contributed by atoms with E-state index in [2.05, 4.69) is 42.9 Å². The van der Waals surface area contributed by atoms with Gasteiger partial charge in [-0.1, -0.05) is 11.6 Å². The van der Waals surface area contributed by atoms with Crippen LogP contribution in [0.2, 0.25) is 5.02 Å². The van der Waals surface area contributed by atoms with Crippen LogP contribution in [-0.4, -0.2) is 70.0 Å². The van der Waals surface area contributed by atoms with Crippen LogP contribution in [-0.2, 0) is 4.74 Å². The molecule has 0 N–H and O–H groups in total. The van der Waals surface area contributed by atoms with Gasteiger partial charge in [-0.3, -0.25) is 4.98 Å². The lowest BCUT2D eigenvalue weighted by molar-refractivity contribution is -0.507. The monoisotopic (exact) mass is 528 g/mol. The zero-order valence-corrected chi connectivity index (χ0v) is 21.9. The first-order valence-electron chi connectivity index (χ1n) is 12.8. The molecule has 4 aromatic rings. The molecule has 1 saturated heterocycles. The highest BCUT2D eigenvalue weighted by Gasteiger charge is 2.31. The molecule has 8 heteroatoms. The van der Waals surface area contributed by atoms with Gasteiger partial charge in [0.15, 0.2) is 24.1 Å². The molecule has 192 valence electrons. The highest BCUT2D eigenvalue weighted by molar-refractivity contribution is 6.30. The molecule has 0 amide bonds. The smallest absolute Gasteiger partial charge is 0.183 e. The van der Waals surface area contributed by atoms with Crippen molar-refractivity contribution in [2.45, 2.75) is 18.9 Å². The molecular formula is C30H28ClFN5O+. The average Bonchev–Trinajstić information content (AvgIpc) is 2.92. The van der Waals surface area contributed by atoms with E-state index in [-0.39, 0.29) is 5.82 Å². The van der Waals surface area contributed by atoms with E-state index in [4.69, 9.17) is 16.3 Å². The number of halogens is 2. The molecule has 0 spiro atoms. The van der Waals surface area contributed by atoms with Gasteiger partial charge in [-0.05, 0) is 48.0 Å². The second-order valence-electron chi connectivity index (χ2n) is 9.74. The molecule has 1 fully saturated rings. The molecule has 2 aliphatic rings. The van der Waals surface area contributed by atoms with Gasteiger partial charge in [-0.25, -0.2) is 18.9 Å². The Labute approximate surface area is 226 Å². The number of fused-ring (bicyclic) bond motifs is 1. The van der Waals surface area contributed by atoms with Gasteiger partial charge in [0, 0.05) is 85.3 Å². The summed E-state index contributed by atoms with van der Waals surface area (Å²) in [6.07, 6.45) is 12.1. The summed E-state index contributed by atoms with van der Waals surface area (Å²) in [6, 6.07) is 12.9. The molecule has 0 atom stereocenters. The standard InChI is InChI=1S/C30H28ClFN5O/c1-38-12-11-36-9-6-24(7-10-36)37-18-22(19-37)20-13-21(17-33-16-20)26-15-29(27-14-23(31)4-5-28(27)32)35-30-25(26)3-2-8-34-30/h2-5,8,13-19,24H,6-7,9-12H2,1H3/q+1. The minimum absolute atomic E-state index is 0.342. The second kappa shape index (κ2) is 10.7. The summed E-state index contributed by atoms with van der Waals surface area (Å²) < 4.78 is 22.3. The van der Waals surface area contributed by atoms with Crippen LogP contribution in [0, 0.1) is 5.82 Å². The van der Waals surface area contributed by atoms with E-state index in [9.17, 15) is 4.39 Å². The number of piperidine rings is 1. The lowest BCUT2D eigenvalue weighted by atomic mass is 9.96. The van der Waals surface area contributed by atoms with Gasteiger partial charge < -0.3 is 9.64 Å². The van der Waals surface area contributed by atoms with Gasteiger partial charge in [0.25, 0.3) is 0 Å². The number of hydrogen-bond acceptors (Lipinski definition) is 5. The number of hydrogen-bond donors (Lipinski definition) is 0. The molecule has 6 rings (SSSR count). The highest BCUT2D eigenvalue weighted by atomic mass is 35.5. The largest absolute Gasteiger partial charge is 0.383 e. The van der Waals surface area contributed by atoms with Gasteiger partial charge in [0.2, 0.25) is 0 Å². The lowest BCUT2D eigenvalue weighted by Crippen LogP contribution is -2.42. The van der Waals surface area contributed by atoms with Crippen molar-refractivity contribution >= 4 is 34.4 Å². The van der Waals surface area contributed by atoms with Crippen molar-refractivity contribution in [2.75, 3.05) is 33.4 Å². The first kappa shape index (κ1) is 24.8. The summed E-state index contributed by atoms with van der Waals surface area (Å²) in [5.41, 5.74) is 5.38. The Hall–Kier alpha value is -3.52. The highest BCUT2D eigenvalue weighted by Crippen LogP contribution is 2.34. The summed E-state index contributed by atoms with van der Waals surface area (Å²) in [5.74, 6) is -0.381. The Morgan fingerprint density at radius 3 is 2.71 bits per heavy atom. The molecule has 0 saturated carbocycles. The van der Waals surface area contributed by atoms with Crippen molar-refractivity contribution in [1.29, 1.82) is 0 Å². The van der Waals surface area contributed by atoms with Crippen molar-refractivity contribution in [2.24, 2.45) is 0 Å². The third-order valence-corrected chi connectivity index (χ3v) is 7.57. The molecule has 1 aromatic carbocycles. The average molecular weight is 529 g/mol. The van der Waals surface area contributed by atoms with E-state index in [1.807, 2.05) is 30.6 Å². The number of methoxy groups -OCH3 is 1. The van der Waals surface area contributed by atoms with Crippen molar-refractivity contribution in [1.82, 2.24) is 19.9 Å². The van der Waals surface area contributed by atoms with Crippen LogP contribution < -0.4 is 0 Å². The SMILES string of the molecule is COCCN1CCC([N+]2=CC(c3cncc(-c4cc(-c5cc(Cl)ccc5F)nc5ncccc45)c3)=C2)CC1. The summed E-state index contributed by atoms with van der Waals surface area (Å²) >= 11 is 6.17. The Morgan fingerprint density at radius 2 is 1.89 bits per heavy atom. The molecule has 6 nitrogen and oxygen atoms in total. The third kappa shape index (κ3) is 4.97. The zero-order chi connectivity index (χ0) is 26.1. The predicted octanol–water partition coefficient (Wildman–Crippen LogP) is 5.70. The number of rotatable bonds is 7. The quantitative estimate of drug-likeness (QED) is 0.288. The number of allylic oxidation sites excluding steroid dienone is 1. The van der Waals surface area contributed by atoms with E-state index in [0.717, 1.165) is 66.7 Å². The minimum atomic E-state index is -0.381. The fourth-order valence-electron chi connectivity index (χ4n) is 5.20. The Morgan fingerprint density at radius 1 is 1.08 bits per heavy atom. The van der Waals surface area contributed by atoms with Gasteiger partial charge in [0.05, 0.1) is 12.3 Å². The predicted molar refractivity (Wildman–Crippen MR) is 149 cm³/mol. The first-order valence-corrected chi connectivity index (χ1v) is 13.2. The molecule has 0 bridgehead atoms. The zero-order valence-electron chi connectivity index (χ0n) is 21.1. The molecule has 0 unspecified atom stereocenters. The summed E-state index contributed by atoms with van der Waals surface area (Å²) in [7, 11) is 1.75. The van der Waals surface area contributed by atoms with Crippen LogP contribution in [0.15, 0.2) is 67.3 Å². The number of benzene rings is 1. The number of pyridine rings is 3. The van der Waals surface area contributed by atoms with E-state index in [1.165, 1.54) is 12.1 Å². The molecule has 5 heterocycles. The van der Waals surface area contributed by atoms with Crippen LogP contribution in [0.25, 0.3) is 39.0 Å². The topological polar surface area (TPSA) is 54.2 Å². The van der Waals surface area contributed by atoms with Gasteiger partial charge in [0.1, 0.15) is 11.4 Å². The first-order chi connectivity index (χ1) is 18.6. The molecule has 0 aliphatic carbocycles. The van der Waals surface area contributed by atoms with Crippen LogP contribution in [0.4, 0.5) is 4.39 Å². The van der Waals surface area contributed by atoms with Crippen molar-refractivity contribution < 1.29 is 13.7 Å². The Balaban J connectivity index is 1.28. The Kier molecular flexibility index (Phi) is 6.98. The maximum Gasteiger partial charge on any atom is 0.183 e. The minimum Gasteiger partial charge on any atom is -0.383 e. The molecule has 3 aromatic heterocycles. The van der Waals surface area contributed by atoms with Gasteiger partial charge in [-0.15, -0.1) is 0 Å². The van der Waals surface area contributed by atoms with Crippen LogP contribution in [0.5, 0.6) is 0 Å². The summed E-state index contributed by atoms with van der Waals surface area (Å²) in [6.45, 7) is 3.97. The van der Waals surface area contributed by atoms with Crippen LogP contribution >= 0.6 is 11.6 Å².